The third-order valence-corrected chi connectivity index (χ3v) is 4.01. The van der Waals surface area contributed by atoms with Crippen LogP contribution in [0.1, 0.15) is 5.69 Å². The van der Waals surface area contributed by atoms with Crippen molar-refractivity contribution in [3.05, 3.63) is 46.4 Å². The second-order valence-electron chi connectivity index (χ2n) is 4.27. The monoisotopic (exact) mass is 380 g/mol. The number of nitrogens with two attached hydrogens (primary N) is 1. The van der Waals surface area contributed by atoms with Crippen molar-refractivity contribution in [2.75, 3.05) is 0 Å². The highest BCUT2D eigenvalue weighted by molar-refractivity contribution is 9.10. The minimum Gasteiger partial charge on any atom is -0.450 e. The smallest absolute Gasteiger partial charge is 0.180 e. The minimum absolute atomic E-state index is 0.331. The molecule has 0 spiro atoms. The normalized spacial score (nSPS) is 11.9. The summed E-state index contributed by atoms with van der Waals surface area (Å²) < 4.78 is 8.13. The number of aryl methyl sites for hydroxylation is 1. The molecule has 112 valence electrons. The minimum atomic E-state index is 0.331. The molecule has 3 aromatic heterocycles. The lowest BCUT2D eigenvalue weighted by Gasteiger charge is -2.10. The van der Waals surface area contributed by atoms with Gasteiger partial charge >= 0.3 is 0 Å². The van der Waals surface area contributed by atoms with Crippen molar-refractivity contribution in [1.29, 1.82) is 0 Å². The van der Waals surface area contributed by atoms with Crippen LogP contribution in [0.15, 0.2) is 35.7 Å². The van der Waals surface area contributed by atoms with E-state index < -0.39 is 0 Å². The van der Waals surface area contributed by atoms with E-state index in [0.717, 1.165) is 0 Å². The lowest BCUT2D eigenvalue weighted by molar-refractivity contribution is 0.509. The Morgan fingerprint density at radius 2 is 2.18 bits per heavy atom. The average Bonchev–Trinajstić information content (AvgIpc) is 2.83. The summed E-state index contributed by atoms with van der Waals surface area (Å²) in [5.74, 6) is 0.685. The van der Waals surface area contributed by atoms with Gasteiger partial charge in [0.05, 0.1) is 12.4 Å². The Labute approximate surface area is 138 Å². The summed E-state index contributed by atoms with van der Waals surface area (Å²) in [5.41, 5.74) is 7.27. The van der Waals surface area contributed by atoms with Crippen LogP contribution < -0.4 is 10.5 Å². The van der Waals surface area contributed by atoms with Gasteiger partial charge in [-0.3, -0.25) is 4.98 Å². The number of hydrogen-bond donors (Lipinski definition) is 1. The first-order valence-corrected chi connectivity index (χ1v) is 7.31. The molecule has 0 saturated heterocycles. The van der Waals surface area contributed by atoms with Crippen LogP contribution in [0.25, 0.3) is 16.9 Å². The number of pyridine rings is 1. The number of nitrogens with zero attached hydrogens (tertiary/aromatic N) is 5. The predicted molar refractivity (Wildman–Crippen MR) is 86.0 cm³/mol. The summed E-state index contributed by atoms with van der Waals surface area (Å²) >= 11 is 9.73. The highest BCUT2D eigenvalue weighted by Gasteiger charge is 2.16. The maximum absolute atomic E-state index is 6.40. The Balaban J connectivity index is 2.04. The molecule has 0 atom stereocenters. The number of aromatic nitrogens is 5. The number of fused-ring (bicyclic) bond motifs is 1. The number of hydrogen-bond acceptors (Lipinski definition) is 6. The van der Waals surface area contributed by atoms with E-state index in [1.54, 1.807) is 23.2 Å². The quantitative estimate of drug-likeness (QED) is 0.701. The summed E-state index contributed by atoms with van der Waals surface area (Å²) in [6.07, 6.45) is 7.43. The largest absolute Gasteiger partial charge is 0.450 e. The summed E-state index contributed by atoms with van der Waals surface area (Å²) in [6, 6.07) is 0. The molecule has 3 heterocycles. The first-order chi connectivity index (χ1) is 10.6. The van der Waals surface area contributed by atoms with Gasteiger partial charge in [0, 0.05) is 25.6 Å². The summed E-state index contributed by atoms with van der Waals surface area (Å²) in [5, 5.41) is 0.383. The predicted octanol–water partition coefficient (Wildman–Crippen LogP) is 2.51. The van der Waals surface area contributed by atoms with Gasteiger partial charge in [-0.1, -0.05) is 11.6 Å². The SMILES string of the molecule is Cn1c(Br)nc2ncc(OC(=CN)c3cnccn3)c(Cl)c21. The van der Waals surface area contributed by atoms with E-state index in [9.17, 15) is 0 Å². The highest BCUT2D eigenvalue weighted by atomic mass is 79.9. The van der Waals surface area contributed by atoms with Crippen LogP contribution in [-0.4, -0.2) is 24.5 Å². The molecule has 0 radical (unpaired) electrons. The van der Waals surface area contributed by atoms with E-state index in [0.29, 0.717) is 38.1 Å². The molecule has 0 aliphatic rings. The van der Waals surface area contributed by atoms with Crippen molar-refractivity contribution >= 4 is 44.5 Å². The highest BCUT2D eigenvalue weighted by Crippen LogP contribution is 2.34. The summed E-state index contributed by atoms with van der Waals surface area (Å²) in [6.45, 7) is 0. The van der Waals surface area contributed by atoms with Crippen molar-refractivity contribution in [2.45, 2.75) is 0 Å². The van der Waals surface area contributed by atoms with Crippen LogP contribution in [0.4, 0.5) is 0 Å². The first kappa shape index (κ1) is 14.7. The second kappa shape index (κ2) is 5.90. The Hall–Kier alpha value is -2.19. The van der Waals surface area contributed by atoms with Gasteiger partial charge in [0.1, 0.15) is 16.2 Å². The molecule has 0 amide bonds. The molecule has 0 bridgehead atoms. The standard InChI is InChI=1S/C13H10BrClN6O/c1-21-11-10(15)9(6-19-12(11)20-13(21)14)22-8(4-16)7-5-17-2-3-18-7/h2-6H,16H2,1H3. The van der Waals surface area contributed by atoms with E-state index in [-0.39, 0.29) is 0 Å². The molecular formula is C13H10BrClN6O. The molecule has 0 unspecified atom stereocenters. The van der Waals surface area contributed by atoms with Crippen molar-refractivity contribution in [1.82, 2.24) is 24.5 Å². The molecule has 0 fully saturated rings. The molecule has 0 aromatic carbocycles. The molecule has 9 heteroatoms. The number of halogens is 2. The van der Waals surface area contributed by atoms with Gasteiger partial charge in [0.2, 0.25) is 0 Å². The molecule has 3 rings (SSSR count). The van der Waals surface area contributed by atoms with E-state index in [1.807, 2.05) is 7.05 Å². The van der Waals surface area contributed by atoms with E-state index in [2.05, 4.69) is 35.9 Å². The zero-order valence-electron chi connectivity index (χ0n) is 11.4. The molecule has 2 N–H and O–H groups in total. The number of ether oxygens (including phenoxy) is 1. The first-order valence-electron chi connectivity index (χ1n) is 6.14. The molecule has 0 aliphatic carbocycles. The fourth-order valence-electron chi connectivity index (χ4n) is 1.87. The topological polar surface area (TPSA) is 91.7 Å². The van der Waals surface area contributed by atoms with Gasteiger partial charge < -0.3 is 15.0 Å². The van der Waals surface area contributed by atoms with Gasteiger partial charge in [-0.2, -0.15) is 0 Å². The lowest BCUT2D eigenvalue weighted by Crippen LogP contribution is -2.02. The van der Waals surface area contributed by atoms with Gasteiger partial charge in [-0.25, -0.2) is 15.0 Å². The van der Waals surface area contributed by atoms with Crippen molar-refractivity contribution in [3.63, 3.8) is 0 Å². The lowest BCUT2D eigenvalue weighted by atomic mass is 10.3. The molecule has 0 saturated carbocycles. The third kappa shape index (κ3) is 2.51. The van der Waals surface area contributed by atoms with Crippen LogP contribution in [0, 0.1) is 0 Å². The van der Waals surface area contributed by atoms with Crippen LogP contribution in [0.2, 0.25) is 5.02 Å². The summed E-state index contributed by atoms with van der Waals surface area (Å²) in [4.78, 5) is 16.6. The zero-order valence-corrected chi connectivity index (χ0v) is 13.7. The summed E-state index contributed by atoms with van der Waals surface area (Å²) in [7, 11) is 1.82. The average molecular weight is 382 g/mol. The molecule has 0 aliphatic heterocycles. The Bertz CT molecular complexity index is 864. The van der Waals surface area contributed by atoms with E-state index in [4.69, 9.17) is 22.1 Å². The maximum atomic E-state index is 6.40. The van der Waals surface area contributed by atoms with E-state index >= 15 is 0 Å². The van der Waals surface area contributed by atoms with Crippen molar-refractivity contribution < 1.29 is 4.74 Å². The van der Waals surface area contributed by atoms with Gasteiger partial charge in [0.15, 0.2) is 21.9 Å². The Kier molecular flexibility index (Phi) is 3.95. The molecule has 22 heavy (non-hydrogen) atoms. The third-order valence-electron chi connectivity index (χ3n) is 2.94. The van der Waals surface area contributed by atoms with Crippen molar-refractivity contribution in [2.24, 2.45) is 12.8 Å². The van der Waals surface area contributed by atoms with Crippen LogP contribution >= 0.6 is 27.5 Å². The van der Waals surface area contributed by atoms with Gasteiger partial charge in [-0.15, -0.1) is 0 Å². The van der Waals surface area contributed by atoms with Gasteiger partial charge in [0.25, 0.3) is 0 Å². The zero-order chi connectivity index (χ0) is 15.7. The molecular weight excluding hydrogens is 372 g/mol. The van der Waals surface area contributed by atoms with E-state index in [1.165, 1.54) is 12.4 Å². The maximum Gasteiger partial charge on any atom is 0.180 e. The van der Waals surface area contributed by atoms with Crippen LogP contribution in [-0.2, 0) is 7.05 Å². The van der Waals surface area contributed by atoms with Crippen LogP contribution in [0.3, 0.4) is 0 Å². The van der Waals surface area contributed by atoms with Crippen molar-refractivity contribution in [3.8, 4) is 5.75 Å². The fraction of sp³-hybridized carbons (Fsp3) is 0.0769. The fourth-order valence-corrected chi connectivity index (χ4v) is 2.52. The Morgan fingerprint density at radius 1 is 1.36 bits per heavy atom. The number of rotatable bonds is 3. The van der Waals surface area contributed by atoms with Crippen LogP contribution in [0.5, 0.6) is 5.75 Å². The number of imidazole rings is 1. The molecule has 3 aromatic rings. The van der Waals surface area contributed by atoms with Gasteiger partial charge in [-0.05, 0) is 15.9 Å². The Morgan fingerprint density at radius 3 is 2.86 bits per heavy atom. The second-order valence-corrected chi connectivity index (χ2v) is 5.36. The molecule has 7 nitrogen and oxygen atoms in total.